The first-order valence-corrected chi connectivity index (χ1v) is 4.17. The maximum Gasteiger partial charge on any atom is 0.104 e. The van der Waals surface area contributed by atoms with Crippen molar-refractivity contribution in [3.05, 3.63) is 10.4 Å². The second kappa shape index (κ2) is 2.71. The highest BCUT2D eigenvalue weighted by Crippen LogP contribution is 2.20. The molecule has 0 radical (unpaired) electrons. The second-order valence-electron chi connectivity index (χ2n) is 2.20. The molecule has 1 aromatic rings. The zero-order chi connectivity index (χ0) is 6.85. The van der Waals surface area contributed by atoms with Gasteiger partial charge >= 0.3 is 0 Å². The van der Waals surface area contributed by atoms with Gasteiger partial charge in [0, 0.05) is 11.3 Å². The molecule has 1 rings (SSSR count). The zero-order valence-electron chi connectivity index (χ0n) is 5.46. The molecule has 0 aliphatic carbocycles. The fraction of sp³-hybridized carbons (Fsp3) is 0.500. The number of rotatable bonds is 1. The first kappa shape index (κ1) is 7.09. The molecular formula is C6H9NS2. The van der Waals surface area contributed by atoms with E-state index in [0.717, 1.165) is 5.03 Å². The van der Waals surface area contributed by atoms with Crippen LogP contribution in [-0.4, -0.2) is 4.98 Å². The highest BCUT2D eigenvalue weighted by Gasteiger charge is 2.01. The van der Waals surface area contributed by atoms with E-state index >= 15 is 0 Å². The van der Waals surface area contributed by atoms with Crippen LogP contribution in [0.3, 0.4) is 0 Å². The lowest BCUT2D eigenvalue weighted by atomic mass is 10.2. The lowest BCUT2D eigenvalue weighted by Gasteiger charge is -1.94. The SMILES string of the molecule is CC(C)c1nc(S)cs1. The van der Waals surface area contributed by atoms with Crippen molar-refractivity contribution in [1.29, 1.82) is 0 Å². The number of hydrogen-bond acceptors (Lipinski definition) is 3. The molecule has 0 unspecified atom stereocenters. The van der Waals surface area contributed by atoms with Gasteiger partial charge in [0.25, 0.3) is 0 Å². The fourth-order valence-electron chi connectivity index (χ4n) is 0.544. The molecule has 0 saturated heterocycles. The summed E-state index contributed by atoms with van der Waals surface area (Å²) in [5.41, 5.74) is 0. The molecule has 0 aromatic carbocycles. The molecule has 1 nitrogen and oxygen atoms in total. The van der Waals surface area contributed by atoms with Gasteiger partial charge in [-0.1, -0.05) is 13.8 Å². The third-order valence-electron chi connectivity index (χ3n) is 1.00. The predicted molar refractivity (Wildman–Crippen MR) is 43.5 cm³/mol. The summed E-state index contributed by atoms with van der Waals surface area (Å²) in [4.78, 5) is 4.19. The number of thiol groups is 1. The molecule has 0 spiro atoms. The minimum Gasteiger partial charge on any atom is -0.235 e. The molecule has 0 amide bonds. The minimum absolute atomic E-state index is 0.538. The molecule has 0 fully saturated rings. The molecule has 0 aliphatic rings. The lowest BCUT2D eigenvalue weighted by Crippen LogP contribution is -1.82. The smallest absolute Gasteiger partial charge is 0.104 e. The van der Waals surface area contributed by atoms with Crippen LogP contribution in [0.2, 0.25) is 0 Å². The zero-order valence-corrected chi connectivity index (χ0v) is 7.17. The Morgan fingerprint density at radius 1 is 1.67 bits per heavy atom. The first-order valence-electron chi connectivity index (χ1n) is 2.84. The molecular weight excluding hydrogens is 150 g/mol. The van der Waals surface area contributed by atoms with Crippen LogP contribution in [-0.2, 0) is 0 Å². The highest BCUT2D eigenvalue weighted by molar-refractivity contribution is 7.80. The van der Waals surface area contributed by atoms with Crippen molar-refractivity contribution in [1.82, 2.24) is 4.98 Å². The van der Waals surface area contributed by atoms with Gasteiger partial charge < -0.3 is 0 Å². The molecule has 9 heavy (non-hydrogen) atoms. The molecule has 0 saturated carbocycles. The third kappa shape index (κ3) is 1.69. The summed E-state index contributed by atoms with van der Waals surface area (Å²) in [6.07, 6.45) is 0. The van der Waals surface area contributed by atoms with E-state index in [4.69, 9.17) is 0 Å². The van der Waals surface area contributed by atoms with Crippen LogP contribution in [0.15, 0.2) is 10.4 Å². The molecule has 1 heterocycles. The summed E-state index contributed by atoms with van der Waals surface area (Å²) in [7, 11) is 0. The summed E-state index contributed by atoms with van der Waals surface area (Å²) in [6.45, 7) is 4.26. The van der Waals surface area contributed by atoms with Crippen LogP contribution < -0.4 is 0 Å². The fourth-order valence-corrected chi connectivity index (χ4v) is 1.58. The largest absolute Gasteiger partial charge is 0.235 e. The van der Waals surface area contributed by atoms with Gasteiger partial charge in [-0.15, -0.1) is 24.0 Å². The van der Waals surface area contributed by atoms with E-state index < -0.39 is 0 Å². The van der Waals surface area contributed by atoms with E-state index in [1.54, 1.807) is 11.3 Å². The van der Waals surface area contributed by atoms with Crippen molar-refractivity contribution >= 4 is 24.0 Å². The average molecular weight is 159 g/mol. The molecule has 0 N–H and O–H groups in total. The van der Waals surface area contributed by atoms with Crippen molar-refractivity contribution in [3.63, 3.8) is 0 Å². The van der Waals surface area contributed by atoms with E-state index in [1.165, 1.54) is 5.01 Å². The van der Waals surface area contributed by atoms with Crippen molar-refractivity contribution in [3.8, 4) is 0 Å². The molecule has 50 valence electrons. The van der Waals surface area contributed by atoms with E-state index in [-0.39, 0.29) is 0 Å². The number of hydrogen-bond donors (Lipinski definition) is 1. The maximum atomic E-state index is 4.19. The second-order valence-corrected chi connectivity index (χ2v) is 3.55. The van der Waals surface area contributed by atoms with Gasteiger partial charge in [-0.25, -0.2) is 4.98 Å². The molecule has 3 heteroatoms. The Labute approximate surface area is 64.5 Å². The van der Waals surface area contributed by atoms with Crippen molar-refractivity contribution in [2.75, 3.05) is 0 Å². The van der Waals surface area contributed by atoms with Gasteiger partial charge in [0.15, 0.2) is 0 Å². The Bertz CT molecular complexity index is 193. The van der Waals surface area contributed by atoms with Crippen LogP contribution >= 0.6 is 24.0 Å². The van der Waals surface area contributed by atoms with Gasteiger partial charge in [-0.05, 0) is 0 Å². The molecule has 0 bridgehead atoms. The average Bonchev–Trinajstić information content (AvgIpc) is 2.14. The van der Waals surface area contributed by atoms with Crippen molar-refractivity contribution < 1.29 is 0 Å². The predicted octanol–water partition coefficient (Wildman–Crippen LogP) is 2.56. The Morgan fingerprint density at radius 2 is 2.33 bits per heavy atom. The van der Waals surface area contributed by atoms with Crippen molar-refractivity contribution in [2.45, 2.75) is 24.8 Å². The first-order chi connectivity index (χ1) is 4.20. The molecule has 1 aromatic heterocycles. The summed E-state index contributed by atoms with van der Waals surface area (Å²) in [6, 6.07) is 0. The Balaban J connectivity index is 2.85. The van der Waals surface area contributed by atoms with Crippen LogP contribution in [0.4, 0.5) is 0 Å². The van der Waals surface area contributed by atoms with E-state index in [0.29, 0.717) is 5.92 Å². The van der Waals surface area contributed by atoms with E-state index in [9.17, 15) is 0 Å². The lowest BCUT2D eigenvalue weighted by molar-refractivity contribution is 0.839. The molecule has 0 atom stereocenters. The normalized spacial score (nSPS) is 10.7. The number of thiazole rings is 1. The molecule has 0 aliphatic heterocycles. The van der Waals surface area contributed by atoms with Gasteiger partial charge in [0.1, 0.15) is 5.03 Å². The highest BCUT2D eigenvalue weighted by atomic mass is 32.1. The van der Waals surface area contributed by atoms with E-state index in [1.807, 2.05) is 5.38 Å². The number of nitrogens with zero attached hydrogens (tertiary/aromatic N) is 1. The topological polar surface area (TPSA) is 12.9 Å². The maximum absolute atomic E-state index is 4.19. The number of aromatic nitrogens is 1. The quantitative estimate of drug-likeness (QED) is 0.621. The summed E-state index contributed by atoms with van der Waals surface area (Å²) >= 11 is 5.77. The third-order valence-corrected chi connectivity index (χ3v) is 2.55. The van der Waals surface area contributed by atoms with Crippen LogP contribution in [0, 0.1) is 0 Å². The summed E-state index contributed by atoms with van der Waals surface area (Å²) in [5, 5.41) is 3.96. The van der Waals surface area contributed by atoms with E-state index in [2.05, 4.69) is 31.5 Å². The van der Waals surface area contributed by atoms with Gasteiger partial charge in [-0.2, -0.15) is 0 Å². The van der Waals surface area contributed by atoms with Crippen LogP contribution in [0.25, 0.3) is 0 Å². The van der Waals surface area contributed by atoms with Gasteiger partial charge in [0.05, 0.1) is 5.01 Å². The summed E-state index contributed by atoms with van der Waals surface area (Å²) < 4.78 is 0. The Kier molecular flexibility index (Phi) is 2.13. The standard InChI is InChI=1S/C6H9NS2/c1-4(2)6-7-5(8)3-9-6/h3-4,8H,1-2H3. The summed E-state index contributed by atoms with van der Waals surface area (Å²) in [5.74, 6) is 0.538. The monoisotopic (exact) mass is 159 g/mol. The van der Waals surface area contributed by atoms with Gasteiger partial charge in [-0.3, -0.25) is 0 Å². The Hall–Kier alpha value is -0.0200. The van der Waals surface area contributed by atoms with Crippen LogP contribution in [0.1, 0.15) is 24.8 Å². The Morgan fingerprint density at radius 3 is 2.56 bits per heavy atom. The minimum atomic E-state index is 0.538. The van der Waals surface area contributed by atoms with Crippen molar-refractivity contribution in [2.24, 2.45) is 0 Å². The van der Waals surface area contributed by atoms with Gasteiger partial charge in [0.2, 0.25) is 0 Å². The van der Waals surface area contributed by atoms with Crippen LogP contribution in [0.5, 0.6) is 0 Å².